The first-order valence-corrected chi connectivity index (χ1v) is 9.08. The van der Waals surface area contributed by atoms with E-state index in [9.17, 15) is 4.79 Å². The molecule has 0 aliphatic carbocycles. The molecule has 1 aliphatic rings. The molecule has 0 bridgehead atoms. The van der Waals surface area contributed by atoms with Crippen molar-refractivity contribution < 1.29 is 0 Å². The van der Waals surface area contributed by atoms with Gasteiger partial charge in [-0.05, 0) is 26.3 Å². The fraction of sp³-hybridized carbons (Fsp3) is 0.462. The molecule has 1 atom stereocenters. The second-order valence-corrected chi connectivity index (χ2v) is 8.55. The van der Waals surface area contributed by atoms with Crippen LogP contribution in [0.3, 0.4) is 0 Å². The average molecular weight is 325 g/mol. The average Bonchev–Trinajstić information content (AvgIpc) is 2.99. The zero-order chi connectivity index (χ0) is 14.3. The summed E-state index contributed by atoms with van der Waals surface area (Å²) in [6, 6.07) is 0. The molecule has 0 saturated heterocycles. The minimum absolute atomic E-state index is 0.0275. The molecule has 0 saturated carbocycles. The topological polar surface area (TPSA) is 58.1 Å². The molecule has 0 unspecified atom stereocenters. The van der Waals surface area contributed by atoms with E-state index < -0.39 is 0 Å². The summed E-state index contributed by atoms with van der Waals surface area (Å²) in [5, 5.41) is 0.847. The van der Waals surface area contributed by atoms with Crippen molar-refractivity contribution in [2.45, 2.75) is 26.0 Å². The first-order chi connectivity index (χ1) is 9.56. The van der Waals surface area contributed by atoms with Crippen molar-refractivity contribution in [1.82, 2.24) is 9.97 Å². The fourth-order valence-electron chi connectivity index (χ4n) is 2.06. The molecular weight excluding hydrogens is 310 g/mol. The Morgan fingerprint density at radius 3 is 2.90 bits per heavy atom. The van der Waals surface area contributed by atoms with Gasteiger partial charge in [0.25, 0.3) is 5.56 Å². The number of rotatable bonds is 2. The molecule has 106 valence electrons. The Labute approximate surface area is 129 Å². The molecule has 0 spiro atoms. The van der Waals surface area contributed by atoms with Crippen LogP contribution in [0.5, 0.6) is 0 Å². The van der Waals surface area contributed by atoms with E-state index in [1.807, 2.05) is 13.8 Å². The fourth-order valence-corrected chi connectivity index (χ4v) is 5.28. The molecule has 0 aromatic carbocycles. The summed E-state index contributed by atoms with van der Waals surface area (Å²) in [6.07, 6.45) is 0. The van der Waals surface area contributed by atoms with Gasteiger partial charge in [0, 0.05) is 10.6 Å². The number of H-pyrrole nitrogens is 1. The van der Waals surface area contributed by atoms with Gasteiger partial charge < -0.3 is 4.98 Å². The molecule has 0 amide bonds. The maximum absolute atomic E-state index is 12.2. The second kappa shape index (κ2) is 5.54. The van der Waals surface area contributed by atoms with Crippen LogP contribution in [-0.2, 0) is 0 Å². The van der Waals surface area contributed by atoms with Crippen molar-refractivity contribution in [1.29, 1.82) is 0 Å². The number of thioether (sulfide) groups is 2. The molecule has 3 rings (SSSR count). The number of fused-ring (bicyclic) bond motifs is 1. The summed E-state index contributed by atoms with van der Waals surface area (Å²) < 4.78 is 1.10. The number of nitrogens with one attached hydrogen (secondary N) is 1. The predicted molar refractivity (Wildman–Crippen MR) is 90.5 cm³/mol. The maximum atomic E-state index is 12.2. The summed E-state index contributed by atoms with van der Waals surface area (Å²) in [5.41, 5.74) is 1.02. The first kappa shape index (κ1) is 14.2. The van der Waals surface area contributed by atoms with E-state index in [0.717, 1.165) is 43.2 Å². The van der Waals surface area contributed by atoms with Crippen LogP contribution in [0.15, 0.2) is 9.79 Å². The van der Waals surface area contributed by atoms with Gasteiger partial charge in [-0.15, -0.1) is 11.3 Å². The zero-order valence-corrected chi connectivity index (χ0v) is 14.0. The molecule has 1 aliphatic heterocycles. The van der Waals surface area contributed by atoms with E-state index in [1.165, 1.54) is 0 Å². The largest absolute Gasteiger partial charge is 0.309 e. The number of aromatic amines is 1. The van der Waals surface area contributed by atoms with Gasteiger partial charge in [-0.1, -0.05) is 23.5 Å². The molecule has 0 fully saturated rings. The van der Waals surface area contributed by atoms with Gasteiger partial charge in [0.1, 0.15) is 15.0 Å². The Kier molecular flexibility index (Phi) is 3.92. The molecule has 1 N–H and O–H groups in total. The zero-order valence-electron chi connectivity index (χ0n) is 11.5. The molecule has 3 heterocycles. The highest BCUT2D eigenvalue weighted by Crippen LogP contribution is 2.34. The van der Waals surface area contributed by atoms with Crippen molar-refractivity contribution in [3.8, 4) is 0 Å². The normalized spacial score (nSPS) is 16.6. The molecular formula is C13H15N3OS3. The minimum Gasteiger partial charge on any atom is -0.309 e. The lowest BCUT2D eigenvalue weighted by molar-refractivity contribution is 0.930. The highest BCUT2D eigenvalue weighted by molar-refractivity contribution is 8.39. The highest BCUT2D eigenvalue weighted by Gasteiger charge is 2.18. The third-order valence-electron chi connectivity index (χ3n) is 3.28. The van der Waals surface area contributed by atoms with Gasteiger partial charge in [0.2, 0.25) is 0 Å². The van der Waals surface area contributed by atoms with Crippen LogP contribution in [0, 0.1) is 13.8 Å². The Morgan fingerprint density at radius 2 is 2.20 bits per heavy atom. The summed E-state index contributed by atoms with van der Waals surface area (Å²) in [7, 11) is 0. The van der Waals surface area contributed by atoms with Crippen molar-refractivity contribution in [2.24, 2.45) is 4.99 Å². The Balaban J connectivity index is 1.97. The van der Waals surface area contributed by atoms with E-state index in [4.69, 9.17) is 0 Å². The molecule has 2 aromatic rings. The molecule has 7 heteroatoms. The number of aromatic nitrogens is 2. The molecule has 4 nitrogen and oxygen atoms in total. The van der Waals surface area contributed by atoms with Gasteiger partial charge in [-0.25, -0.2) is 4.98 Å². The van der Waals surface area contributed by atoms with Gasteiger partial charge >= 0.3 is 0 Å². The molecule has 0 radical (unpaired) electrons. The SMILES string of the molecule is Cc1sc2nc([C@@H](C)SC3=NCCS3)[nH]c(=O)c2c1C. The van der Waals surface area contributed by atoms with E-state index in [1.54, 1.807) is 34.9 Å². The van der Waals surface area contributed by atoms with Crippen molar-refractivity contribution in [3.63, 3.8) is 0 Å². The van der Waals surface area contributed by atoms with Crippen LogP contribution in [0.4, 0.5) is 0 Å². The number of hydrogen-bond donors (Lipinski definition) is 1. The van der Waals surface area contributed by atoms with Crippen LogP contribution in [0.25, 0.3) is 10.2 Å². The Bertz CT molecular complexity index is 747. The van der Waals surface area contributed by atoms with Crippen LogP contribution >= 0.6 is 34.9 Å². The van der Waals surface area contributed by atoms with E-state index in [0.29, 0.717) is 0 Å². The number of nitrogens with zero attached hydrogens (tertiary/aromatic N) is 2. The third kappa shape index (κ3) is 2.54. The Hall–Kier alpha value is -0.790. The lowest BCUT2D eigenvalue weighted by atomic mass is 10.2. The predicted octanol–water partition coefficient (Wildman–Crippen LogP) is 3.50. The van der Waals surface area contributed by atoms with Gasteiger partial charge in [-0.2, -0.15) is 0 Å². The lowest BCUT2D eigenvalue weighted by Crippen LogP contribution is -2.12. The minimum atomic E-state index is -0.0275. The number of thiophene rings is 1. The first-order valence-electron chi connectivity index (χ1n) is 6.40. The summed E-state index contributed by atoms with van der Waals surface area (Å²) in [5.74, 6) is 1.80. The smallest absolute Gasteiger partial charge is 0.259 e. The summed E-state index contributed by atoms with van der Waals surface area (Å²) in [4.78, 5) is 26.2. The second-order valence-electron chi connectivity index (χ2n) is 4.67. The monoisotopic (exact) mass is 325 g/mol. The summed E-state index contributed by atoms with van der Waals surface area (Å²) in [6.45, 7) is 6.96. The molecule has 2 aromatic heterocycles. The Morgan fingerprint density at radius 1 is 1.40 bits per heavy atom. The van der Waals surface area contributed by atoms with Crippen LogP contribution < -0.4 is 5.56 Å². The quantitative estimate of drug-likeness (QED) is 0.918. The standard InChI is InChI=1S/C13H15N3OS3/c1-6-7(2)19-12-9(6)11(17)15-10(16-12)8(3)20-13-14-4-5-18-13/h8H,4-5H2,1-3H3,(H,15,16,17)/t8-/m1/s1. The lowest BCUT2D eigenvalue weighted by Gasteiger charge is -2.09. The number of aliphatic imine (C=N–C) groups is 1. The molecule has 20 heavy (non-hydrogen) atoms. The third-order valence-corrected chi connectivity index (χ3v) is 6.69. The van der Waals surface area contributed by atoms with Gasteiger partial charge in [0.15, 0.2) is 0 Å². The van der Waals surface area contributed by atoms with Crippen LogP contribution in [0.2, 0.25) is 0 Å². The van der Waals surface area contributed by atoms with E-state index in [2.05, 4.69) is 21.9 Å². The highest BCUT2D eigenvalue weighted by atomic mass is 32.2. The van der Waals surface area contributed by atoms with Crippen LogP contribution in [0.1, 0.15) is 28.4 Å². The van der Waals surface area contributed by atoms with Gasteiger partial charge in [0.05, 0.1) is 17.2 Å². The van der Waals surface area contributed by atoms with Gasteiger partial charge in [-0.3, -0.25) is 9.79 Å². The van der Waals surface area contributed by atoms with E-state index in [-0.39, 0.29) is 10.8 Å². The summed E-state index contributed by atoms with van der Waals surface area (Å²) >= 11 is 5.04. The van der Waals surface area contributed by atoms with Crippen molar-refractivity contribution in [3.05, 3.63) is 26.6 Å². The number of hydrogen-bond acceptors (Lipinski definition) is 6. The van der Waals surface area contributed by atoms with Crippen molar-refractivity contribution >= 4 is 49.5 Å². The van der Waals surface area contributed by atoms with E-state index >= 15 is 0 Å². The maximum Gasteiger partial charge on any atom is 0.259 e. The number of aryl methyl sites for hydroxylation is 2. The van der Waals surface area contributed by atoms with Crippen LogP contribution in [-0.4, -0.2) is 26.6 Å². The van der Waals surface area contributed by atoms with Crippen molar-refractivity contribution in [2.75, 3.05) is 12.3 Å².